The summed E-state index contributed by atoms with van der Waals surface area (Å²) in [5.41, 5.74) is 19.2. The van der Waals surface area contributed by atoms with Crippen LogP contribution in [0.4, 0.5) is 5.82 Å². The highest BCUT2D eigenvalue weighted by molar-refractivity contribution is 6.10. The molecule has 4 rings (SSSR count). The van der Waals surface area contributed by atoms with Crippen molar-refractivity contribution in [2.45, 2.75) is 31.8 Å². The van der Waals surface area contributed by atoms with Gasteiger partial charge in [0.25, 0.3) is 0 Å². The third kappa shape index (κ3) is 3.68. The molecule has 2 aromatic rings. The van der Waals surface area contributed by atoms with Gasteiger partial charge in [-0.1, -0.05) is 6.07 Å². The van der Waals surface area contributed by atoms with Gasteiger partial charge >= 0.3 is 0 Å². The van der Waals surface area contributed by atoms with Gasteiger partial charge in [-0.15, -0.1) is 0 Å². The zero-order valence-electron chi connectivity index (χ0n) is 16.9. The van der Waals surface area contributed by atoms with Crippen molar-refractivity contribution in [1.82, 2.24) is 14.7 Å². The van der Waals surface area contributed by atoms with Gasteiger partial charge in [0.2, 0.25) is 0 Å². The second kappa shape index (κ2) is 8.01. The van der Waals surface area contributed by atoms with Gasteiger partial charge in [-0.25, -0.2) is 4.98 Å². The van der Waals surface area contributed by atoms with E-state index >= 15 is 0 Å². The number of nitrogens with two attached hydrogens (primary N) is 2. The highest BCUT2D eigenvalue weighted by atomic mass is 15.1. The Labute approximate surface area is 173 Å². The summed E-state index contributed by atoms with van der Waals surface area (Å²) >= 11 is 0. The molecular weight excluding hydrogens is 359 g/mol. The molecule has 1 atom stereocenters. The van der Waals surface area contributed by atoms with Crippen LogP contribution in [0.25, 0.3) is 16.7 Å². The average Bonchev–Trinajstić information content (AvgIpc) is 3.15. The molecular formula is C22H27BN6. The van der Waals surface area contributed by atoms with Crippen molar-refractivity contribution >= 4 is 25.6 Å². The Hall–Kier alpha value is -2.64. The van der Waals surface area contributed by atoms with E-state index in [1.54, 1.807) is 6.20 Å². The quantitative estimate of drug-likeness (QED) is 0.554. The molecule has 2 aliphatic heterocycles. The van der Waals surface area contributed by atoms with Gasteiger partial charge < -0.3 is 26.6 Å². The Bertz CT molecular complexity index is 970. The van der Waals surface area contributed by atoms with Crippen LogP contribution in [-0.2, 0) is 13.0 Å². The topological polar surface area (TPSA) is 95.3 Å². The third-order valence-corrected chi connectivity index (χ3v) is 6.12. The van der Waals surface area contributed by atoms with Crippen molar-refractivity contribution in [3.63, 3.8) is 0 Å². The van der Waals surface area contributed by atoms with E-state index < -0.39 is 0 Å². The first-order valence-corrected chi connectivity index (χ1v) is 10.1. The number of nitrogens with zero attached hydrogens (tertiary/aromatic N) is 3. The molecule has 1 saturated heterocycles. The van der Waals surface area contributed by atoms with Gasteiger partial charge in [0.15, 0.2) is 7.98 Å². The number of allylic oxidation sites excluding steroid dienone is 1. The number of nitrogen functional groups attached to an aromatic ring is 1. The molecule has 6 nitrogen and oxygen atoms in total. The number of rotatable bonds is 4. The lowest BCUT2D eigenvalue weighted by Gasteiger charge is -2.32. The van der Waals surface area contributed by atoms with Crippen LogP contribution in [0.5, 0.6) is 0 Å². The normalized spacial score (nSPS) is 20.6. The molecule has 2 aliphatic rings. The van der Waals surface area contributed by atoms with Crippen molar-refractivity contribution in [1.29, 1.82) is 5.41 Å². The summed E-state index contributed by atoms with van der Waals surface area (Å²) in [7, 11) is 8.50. The number of aromatic nitrogens is 1. The van der Waals surface area contributed by atoms with E-state index in [-0.39, 0.29) is 6.04 Å². The molecule has 0 aliphatic carbocycles. The van der Waals surface area contributed by atoms with Crippen molar-refractivity contribution in [3.8, 4) is 11.1 Å². The second-order valence-electron chi connectivity index (χ2n) is 8.01. The molecule has 0 amide bonds. The fourth-order valence-corrected chi connectivity index (χ4v) is 4.50. The molecule has 1 aromatic heterocycles. The van der Waals surface area contributed by atoms with E-state index in [2.05, 4.69) is 29.1 Å². The zero-order chi connectivity index (χ0) is 20.5. The van der Waals surface area contributed by atoms with E-state index in [0.29, 0.717) is 17.0 Å². The largest absolute Gasteiger partial charge is 0.404 e. The smallest absolute Gasteiger partial charge is 0.183 e. The SMILES string of the molecule is [B]N1CCCC1c1cc(-c2cnc(N)c(/C(C=N)=C/N)c2)cc2c1CN(C)CC2. The molecule has 0 saturated carbocycles. The van der Waals surface area contributed by atoms with E-state index in [1.165, 1.54) is 29.1 Å². The molecule has 148 valence electrons. The van der Waals surface area contributed by atoms with E-state index in [4.69, 9.17) is 24.9 Å². The fraction of sp³-hybridized carbons (Fsp3) is 0.364. The number of nitrogens with one attached hydrogen (secondary N) is 1. The predicted octanol–water partition coefficient (Wildman–Crippen LogP) is 2.49. The Morgan fingerprint density at radius 2 is 2.10 bits per heavy atom. The van der Waals surface area contributed by atoms with E-state index in [0.717, 1.165) is 50.0 Å². The summed E-state index contributed by atoms with van der Waals surface area (Å²) in [6.45, 7) is 2.93. The van der Waals surface area contributed by atoms with Gasteiger partial charge in [0, 0.05) is 54.4 Å². The molecule has 1 unspecified atom stereocenters. The first-order chi connectivity index (χ1) is 14.0. The van der Waals surface area contributed by atoms with Crippen LogP contribution in [0.2, 0.25) is 0 Å². The van der Waals surface area contributed by atoms with Crippen molar-refractivity contribution in [2.75, 3.05) is 25.9 Å². The average molecular weight is 386 g/mol. The van der Waals surface area contributed by atoms with Crippen LogP contribution in [-0.4, -0.2) is 49.0 Å². The number of fused-ring (bicyclic) bond motifs is 1. The van der Waals surface area contributed by atoms with Crippen molar-refractivity contribution < 1.29 is 0 Å². The van der Waals surface area contributed by atoms with Crippen LogP contribution >= 0.6 is 0 Å². The van der Waals surface area contributed by atoms with Crippen molar-refractivity contribution in [2.24, 2.45) is 5.73 Å². The van der Waals surface area contributed by atoms with Gasteiger partial charge in [0.05, 0.1) is 0 Å². The van der Waals surface area contributed by atoms with Crippen LogP contribution in [0.3, 0.4) is 0 Å². The molecule has 7 heteroatoms. The Balaban J connectivity index is 1.85. The molecule has 3 heterocycles. The lowest BCUT2D eigenvalue weighted by Crippen LogP contribution is -2.29. The summed E-state index contributed by atoms with van der Waals surface area (Å²) in [4.78, 5) is 8.72. The maximum atomic E-state index is 7.60. The van der Waals surface area contributed by atoms with Gasteiger partial charge in [-0.05, 0) is 67.2 Å². The lowest BCUT2D eigenvalue weighted by atomic mass is 9.86. The van der Waals surface area contributed by atoms with Crippen LogP contribution in [0, 0.1) is 5.41 Å². The first kappa shape index (κ1) is 19.7. The van der Waals surface area contributed by atoms with Gasteiger partial charge in [-0.2, -0.15) is 0 Å². The minimum absolute atomic E-state index is 0.248. The Morgan fingerprint density at radius 1 is 1.28 bits per heavy atom. The predicted molar refractivity (Wildman–Crippen MR) is 120 cm³/mol. The number of hydrogen-bond acceptors (Lipinski definition) is 6. The minimum atomic E-state index is 0.248. The molecule has 1 aromatic carbocycles. The molecule has 29 heavy (non-hydrogen) atoms. The maximum Gasteiger partial charge on any atom is 0.183 e. The summed E-state index contributed by atoms with van der Waals surface area (Å²) in [6.07, 6.45) is 7.61. The summed E-state index contributed by atoms with van der Waals surface area (Å²) in [5, 5.41) is 7.60. The zero-order valence-corrected chi connectivity index (χ0v) is 16.9. The number of anilines is 1. The Kier molecular flexibility index (Phi) is 5.43. The highest BCUT2D eigenvalue weighted by Crippen LogP contribution is 2.38. The first-order valence-electron chi connectivity index (χ1n) is 10.1. The second-order valence-corrected chi connectivity index (χ2v) is 8.01. The minimum Gasteiger partial charge on any atom is -0.404 e. The Morgan fingerprint density at radius 3 is 2.79 bits per heavy atom. The molecule has 0 bridgehead atoms. The molecule has 1 fully saturated rings. The maximum absolute atomic E-state index is 7.60. The van der Waals surface area contributed by atoms with Crippen LogP contribution in [0.15, 0.2) is 30.6 Å². The monoisotopic (exact) mass is 386 g/mol. The van der Waals surface area contributed by atoms with E-state index in [9.17, 15) is 0 Å². The number of pyridine rings is 1. The highest BCUT2D eigenvalue weighted by Gasteiger charge is 2.28. The van der Waals surface area contributed by atoms with Crippen LogP contribution in [0.1, 0.15) is 41.1 Å². The number of hydrogen-bond donors (Lipinski definition) is 3. The van der Waals surface area contributed by atoms with E-state index in [1.807, 2.05) is 10.9 Å². The third-order valence-electron chi connectivity index (χ3n) is 6.12. The summed E-state index contributed by atoms with van der Waals surface area (Å²) in [5.74, 6) is 0.373. The molecule has 5 N–H and O–H groups in total. The lowest BCUT2D eigenvalue weighted by molar-refractivity contribution is 0.307. The number of benzene rings is 1. The molecule has 2 radical (unpaired) electrons. The van der Waals surface area contributed by atoms with Gasteiger partial charge in [-0.3, -0.25) is 0 Å². The number of likely N-dealkylation sites (N-methyl/N-ethyl adjacent to an activating group) is 1. The molecule has 0 spiro atoms. The van der Waals surface area contributed by atoms with Gasteiger partial charge in [0.1, 0.15) is 5.82 Å². The van der Waals surface area contributed by atoms with Crippen molar-refractivity contribution in [3.05, 3.63) is 52.8 Å². The van der Waals surface area contributed by atoms with Crippen LogP contribution < -0.4 is 11.5 Å². The summed E-state index contributed by atoms with van der Waals surface area (Å²) < 4.78 is 0. The standard InChI is InChI=1S/C22H27BN6/c1-28-6-4-14-7-15(8-19(20(14)13-28)21-3-2-5-29(21)23)16-9-18(17(10-24)11-25)22(26)27-12-16/h7-12,21,24H,2-6,13,25H2,1H3,(H2,26,27)/b17-11+,24-10?. The summed E-state index contributed by atoms with van der Waals surface area (Å²) in [6, 6.07) is 6.76. The fourth-order valence-electron chi connectivity index (χ4n) is 4.50.